The first-order valence-electron chi connectivity index (χ1n) is 8.68. The standard InChI is InChI=1S/C20H24N4O/c1-4-24(5-2)17-11-12-18(15(3)13-17)21-14-19-22-23-20(25-19)16-9-7-6-8-10-16/h6-13,21H,4-5,14H2,1-3H3. The molecule has 0 atom stereocenters. The molecule has 0 aliphatic rings. The van der Waals surface area contributed by atoms with Crippen LogP contribution < -0.4 is 10.2 Å². The third-order valence-corrected chi connectivity index (χ3v) is 4.26. The molecule has 0 fully saturated rings. The average Bonchev–Trinajstić information content (AvgIpc) is 3.12. The highest BCUT2D eigenvalue weighted by Gasteiger charge is 2.09. The molecular formula is C20H24N4O. The van der Waals surface area contributed by atoms with Crippen LogP contribution in [0, 0.1) is 6.92 Å². The maximum Gasteiger partial charge on any atom is 0.247 e. The quantitative estimate of drug-likeness (QED) is 0.688. The molecule has 130 valence electrons. The Labute approximate surface area is 148 Å². The van der Waals surface area contributed by atoms with Crippen molar-refractivity contribution in [1.29, 1.82) is 0 Å². The number of anilines is 2. The van der Waals surface area contributed by atoms with E-state index in [1.165, 1.54) is 11.3 Å². The Kier molecular flexibility index (Phi) is 5.33. The second-order valence-corrected chi connectivity index (χ2v) is 5.89. The molecule has 0 saturated carbocycles. The molecule has 0 aliphatic carbocycles. The molecule has 0 radical (unpaired) electrons. The van der Waals surface area contributed by atoms with Crippen molar-refractivity contribution in [1.82, 2.24) is 10.2 Å². The van der Waals surface area contributed by atoms with Crippen LogP contribution in [0.15, 0.2) is 52.9 Å². The summed E-state index contributed by atoms with van der Waals surface area (Å²) in [4.78, 5) is 2.33. The molecular weight excluding hydrogens is 312 g/mol. The van der Waals surface area contributed by atoms with E-state index in [1.54, 1.807) is 0 Å². The monoisotopic (exact) mass is 336 g/mol. The van der Waals surface area contributed by atoms with E-state index in [1.807, 2.05) is 30.3 Å². The molecule has 0 spiro atoms. The van der Waals surface area contributed by atoms with Gasteiger partial charge in [0.2, 0.25) is 11.8 Å². The van der Waals surface area contributed by atoms with E-state index >= 15 is 0 Å². The molecule has 0 aliphatic heterocycles. The fourth-order valence-corrected chi connectivity index (χ4v) is 2.82. The number of nitrogens with one attached hydrogen (secondary N) is 1. The number of aryl methyl sites for hydroxylation is 1. The van der Waals surface area contributed by atoms with Crippen LogP contribution in [0.3, 0.4) is 0 Å². The smallest absolute Gasteiger partial charge is 0.247 e. The van der Waals surface area contributed by atoms with Gasteiger partial charge in [0.15, 0.2) is 0 Å². The van der Waals surface area contributed by atoms with Gasteiger partial charge in [-0.15, -0.1) is 10.2 Å². The Morgan fingerprint density at radius 1 is 1.00 bits per heavy atom. The van der Waals surface area contributed by atoms with Gasteiger partial charge in [-0.05, 0) is 56.7 Å². The van der Waals surface area contributed by atoms with Gasteiger partial charge in [0.25, 0.3) is 0 Å². The molecule has 3 rings (SSSR count). The van der Waals surface area contributed by atoms with E-state index in [9.17, 15) is 0 Å². The first kappa shape index (κ1) is 17.0. The van der Waals surface area contributed by atoms with Gasteiger partial charge in [0.1, 0.15) is 0 Å². The lowest BCUT2D eigenvalue weighted by Gasteiger charge is -2.22. The van der Waals surface area contributed by atoms with Gasteiger partial charge >= 0.3 is 0 Å². The Morgan fingerprint density at radius 2 is 1.76 bits per heavy atom. The summed E-state index contributed by atoms with van der Waals surface area (Å²) in [5.74, 6) is 1.12. The van der Waals surface area contributed by atoms with Crippen molar-refractivity contribution >= 4 is 11.4 Å². The topological polar surface area (TPSA) is 54.2 Å². The predicted molar refractivity (Wildman–Crippen MR) is 102 cm³/mol. The lowest BCUT2D eigenvalue weighted by molar-refractivity contribution is 0.515. The van der Waals surface area contributed by atoms with Crippen molar-refractivity contribution in [2.75, 3.05) is 23.3 Å². The van der Waals surface area contributed by atoms with Crippen molar-refractivity contribution in [2.45, 2.75) is 27.3 Å². The van der Waals surface area contributed by atoms with Crippen molar-refractivity contribution in [2.24, 2.45) is 0 Å². The molecule has 2 aromatic carbocycles. The molecule has 5 heteroatoms. The highest BCUT2D eigenvalue weighted by molar-refractivity contribution is 5.60. The Bertz CT molecular complexity index is 810. The van der Waals surface area contributed by atoms with Crippen LogP contribution in [0.2, 0.25) is 0 Å². The van der Waals surface area contributed by atoms with Crippen LogP contribution in [0.5, 0.6) is 0 Å². The zero-order chi connectivity index (χ0) is 17.6. The summed E-state index contributed by atoms with van der Waals surface area (Å²) >= 11 is 0. The second kappa shape index (κ2) is 7.83. The number of rotatable bonds is 7. The molecule has 1 aromatic heterocycles. The van der Waals surface area contributed by atoms with Crippen LogP contribution in [0.1, 0.15) is 25.3 Å². The first-order valence-corrected chi connectivity index (χ1v) is 8.68. The zero-order valence-corrected chi connectivity index (χ0v) is 15.0. The van der Waals surface area contributed by atoms with Crippen molar-refractivity contribution in [3.8, 4) is 11.5 Å². The Morgan fingerprint density at radius 3 is 2.44 bits per heavy atom. The van der Waals surface area contributed by atoms with E-state index in [2.05, 4.69) is 59.4 Å². The highest BCUT2D eigenvalue weighted by atomic mass is 16.4. The van der Waals surface area contributed by atoms with Crippen LogP contribution in [-0.2, 0) is 6.54 Å². The van der Waals surface area contributed by atoms with Gasteiger partial charge in [0, 0.05) is 30.0 Å². The summed E-state index contributed by atoms with van der Waals surface area (Å²) in [6.07, 6.45) is 0. The molecule has 25 heavy (non-hydrogen) atoms. The second-order valence-electron chi connectivity index (χ2n) is 5.89. The number of nitrogens with zero attached hydrogens (tertiary/aromatic N) is 3. The third kappa shape index (κ3) is 3.99. The van der Waals surface area contributed by atoms with Gasteiger partial charge in [-0.25, -0.2) is 0 Å². The molecule has 3 aromatic rings. The fraction of sp³-hybridized carbons (Fsp3) is 0.300. The molecule has 0 amide bonds. The fourth-order valence-electron chi connectivity index (χ4n) is 2.82. The molecule has 0 unspecified atom stereocenters. The zero-order valence-electron chi connectivity index (χ0n) is 15.0. The largest absolute Gasteiger partial charge is 0.419 e. The number of benzene rings is 2. The number of hydrogen-bond acceptors (Lipinski definition) is 5. The summed E-state index contributed by atoms with van der Waals surface area (Å²) in [6.45, 7) is 8.97. The van der Waals surface area contributed by atoms with Gasteiger partial charge in [-0.3, -0.25) is 0 Å². The molecule has 1 N–H and O–H groups in total. The summed E-state index contributed by atoms with van der Waals surface area (Å²) in [7, 11) is 0. The van der Waals surface area contributed by atoms with E-state index in [4.69, 9.17) is 4.42 Å². The molecule has 0 bridgehead atoms. The van der Waals surface area contributed by atoms with Crippen LogP contribution in [-0.4, -0.2) is 23.3 Å². The minimum atomic E-state index is 0.505. The van der Waals surface area contributed by atoms with Crippen molar-refractivity contribution in [3.05, 3.63) is 60.0 Å². The van der Waals surface area contributed by atoms with E-state index in [0.29, 0.717) is 18.3 Å². The maximum absolute atomic E-state index is 5.74. The highest BCUT2D eigenvalue weighted by Crippen LogP contribution is 2.23. The number of aromatic nitrogens is 2. The average molecular weight is 336 g/mol. The lowest BCUT2D eigenvalue weighted by Crippen LogP contribution is -2.21. The molecule has 1 heterocycles. The van der Waals surface area contributed by atoms with E-state index in [0.717, 1.165) is 24.3 Å². The lowest BCUT2D eigenvalue weighted by atomic mass is 10.1. The van der Waals surface area contributed by atoms with Crippen molar-refractivity contribution in [3.63, 3.8) is 0 Å². The SMILES string of the molecule is CCN(CC)c1ccc(NCc2nnc(-c3ccccc3)o2)c(C)c1. The van der Waals surface area contributed by atoms with Gasteiger partial charge in [-0.1, -0.05) is 18.2 Å². The van der Waals surface area contributed by atoms with E-state index < -0.39 is 0 Å². The Hall–Kier alpha value is -2.82. The van der Waals surface area contributed by atoms with Gasteiger partial charge in [-0.2, -0.15) is 0 Å². The predicted octanol–water partition coefficient (Wildman–Crippen LogP) is 4.50. The normalized spacial score (nSPS) is 10.7. The molecule has 5 nitrogen and oxygen atoms in total. The first-order chi connectivity index (χ1) is 12.2. The summed E-state index contributed by atoms with van der Waals surface area (Å²) < 4.78 is 5.74. The maximum atomic E-state index is 5.74. The minimum Gasteiger partial charge on any atom is -0.419 e. The van der Waals surface area contributed by atoms with Gasteiger partial charge < -0.3 is 14.6 Å². The summed E-state index contributed by atoms with van der Waals surface area (Å²) in [5.41, 5.74) is 4.46. The van der Waals surface area contributed by atoms with Crippen LogP contribution >= 0.6 is 0 Å². The van der Waals surface area contributed by atoms with Crippen LogP contribution in [0.4, 0.5) is 11.4 Å². The van der Waals surface area contributed by atoms with E-state index in [-0.39, 0.29) is 0 Å². The number of hydrogen-bond donors (Lipinski definition) is 1. The Balaban J connectivity index is 1.67. The summed E-state index contributed by atoms with van der Waals surface area (Å²) in [6, 6.07) is 16.3. The molecule has 0 saturated heterocycles. The van der Waals surface area contributed by atoms with Gasteiger partial charge in [0.05, 0.1) is 6.54 Å². The third-order valence-electron chi connectivity index (χ3n) is 4.26. The minimum absolute atomic E-state index is 0.505. The summed E-state index contributed by atoms with van der Waals surface area (Å²) in [5, 5.41) is 11.6. The van der Waals surface area contributed by atoms with Crippen LogP contribution in [0.25, 0.3) is 11.5 Å². The van der Waals surface area contributed by atoms with Crippen molar-refractivity contribution < 1.29 is 4.42 Å².